The zero-order valence-electron chi connectivity index (χ0n) is 15.6. The van der Waals surface area contributed by atoms with Crippen LogP contribution in [-0.2, 0) is 23.0 Å². The van der Waals surface area contributed by atoms with E-state index in [4.69, 9.17) is 4.98 Å². The number of fused-ring (bicyclic) bond motifs is 2. The zero-order valence-corrected chi connectivity index (χ0v) is 17.2. The van der Waals surface area contributed by atoms with Crippen molar-refractivity contribution in [3.63, 3.8) is 0 Å². The summed E-state index contributed by atoms with van der Waals surface area (Å²) in [5, 5.41) is 1.09. The van der Waals surface area contributed by atoms with Gasteiger partial charge >= 0.3 is 0 Å². The molecule has 4 rings (SSSR count). The van der Waals surface area contributed by atoms with Crippen molar-refractivity contribution in [2.75, 3.05) is 24.5 Å². The second kappa shape index (κ2) is 7.22. The van der Waals surface area contributed by atoms with Gasteiger partial charge in [0, 0.05) is 25.3 Å². The lowest BCUT2D eigenvalue weighted by molar-refractivity contribution is 0.445. The van der Waals surface area contributed by atoms with Crippen LogP contribution in [0.25, 0.3) is 10.2 Å². The number of rotatable bonds is 6. The van der Waals surface area contributed by atoms with Crippen LogP contribution in [0, 0.1) is 0 Å². The topological polar surface area (TPSA) is 53.5 Å². The molecular formula is C20H23N3O2S2. The Kier molecular flexibility index (Phi) is 4.92. The van der Waals surface area contributed by atoms with Crippen LogP contribution in [0.1, 0.15) is 24.4 Å². The molecule has 0 spiro atoms. The summed E-state index contributed by atoms with van der Waals surface area (Å²) in [7, 11) is -3.41. The summed E-state index contributed by atoms with van der Waals surface area (Å²) >= 11 is 1.72. The number of aromatic nitrogens is 1. The van der Waals surface area contributed by atoms with Gasteiger partial charge in [0.05, 0.1) is 21.7 Å². The van der Waals surface area contributed by atoms with Crippen LogP contribution in [0.2, 0.25) is 0 Å². The zero-order chi connectivity index (χ0) is 19.0. The van der Waals surface area contributed by atoms with Gasteiger partial charge in [0.2, 0.25) is 10.0 Å². The summed E-state index contributed by atoms with van der Waals surface area (Å²) in [6.07, 6.45) is 0.863. The first kappa shape index (κ1) is 18.4. The summed E-state index contributed by atoms with van der Waals surface area (Å²) in [5.41, 5.74) is 3.26. The van der Waals surface area contributed by atoms with E-state index >= 15 is 0 Å². The minimum atomic E-state index is -3.41. The average Bonchev–Trinajstić information content (AvgIpc) is 3.26. The first-order valence-corrected chi connectivity index (χ1v) is 11.5. The van der Waals surface area contributed by atoms with E-state index in [1.807, 2.05) is 44.2 Å². The van der Waals surface area contributed by atoms with Gasteiger partial charge in [-0.2, -0.15) is 4.31 Å². The molecule has 0 saturated carbocycles. The van der Waals surface area contributed by atoms with E-state index in [0.717, 1.165) is 41.3 Å². The fraction of sp³-hybridized carbons (Fsp3) is 0.350. The molecule has 0 radical (unpaired) electrons. The molecule has 0 unspecified atom stereocenters. The van der Waals surface area contributed by atoms with Crippen LogP contribution < -0.4 is 4.90 Å². The van der Waals surface area contributed by atoms with Gasteiger partial charge in [0.15, 0.2) is 0 Å². The highest BCUT2D eigenvalue weighted by molar-refractivity contribution is 7.89. The third kappa shape index (κ3) is 3.35. The van der Waals surface area contributed by atoms with Crippen molar-refractivity contribution in [2.45, 2.75) is 31.7 Å². The SMILES string of the molecule is CCN(CC)S(=O)(=O)c1ccc2c(c1)CCN2Cc1nc2ccccc2s1. The summed E-state index contributed by atoms with van der Waals surface area (Å²) in [6, 6.07) is 13.7. The normalized spacial score (nSPS) is 14.3. The molecule has 7 heteroatoms. The first-order chi connectivity index (χ1) is 13.0. The molecule has 142 valence electrons. The molecule has 1 aliphatic heterocycles. The number of hydrogen-bond acceptors (Lipinski definition) is 5. The molecule has 0 bridgehead atoms. The van der Waals surface area contributed by atoms with Crippen LogP contribution in [0.3, 0.4) is 0 Å². The maximum absolute atomic E-state index is 12.8. The first-order valence-electron chi connectivity index (χ1n) is 9.25. The molecule has 2 aromatic carbocycles. The van der Waals surface area contributed by atoms with E-state index in [0.29, 0.717) is 18.0 Å². The molecular weight excluding hydrogens is 378 g/mol. The maximum atomic E-state index is 12.8. The largest absolute Gasteiger partial charge is 0.364 e. The number of sulfonamides is 1. The molecule has 1 aliphatic rings. The molecule has 2 heterocycles. The standard InChI is InChI=1S/C20H23N3O2S2/c1-3-23(4-2)27(24,25)16-9-10-18-15(13-16)11-12-22(18)14-20-21-17-7-5-6-8-19(17)26-20/h5-10,13H,3-4,11-12,14H2,1-2H3. The molecule has 0 N–H and O–H groups in total. The monoisotopic (exact) mass is 401 g/mol. The second-order valence-corrected chi connectivity index (χ2v) is 9.68. The van der Waals surface area contributed by atoms with Crippen molar-refractivity contribution >= 4 is 37.3 Å². The summed E-state index contributed by atoms with van der Waals surface area (Å²) in [4.78, 5) is 7.41. The van der Waals surface area contributed by atoms with E-state index < -0.39 is 10.0 Å². The van der Waals surface area contributed by atoms with Crippen molar-refractivity contribution in [3.05, 3.63) is 53.0 Å². The van der Waals surface area contributed by atoms with Crippen LogP contribution in [-0.4, -0.2) is 37.3 Å². The summed E-state index contributed by atoms with van der Waals surface area (Å²) in [6.45, 7) is 6.36. The number of thiazole rings is 1. The molecule has 0 atom stereocenters. The van der Waals surface area contributed by atoms with Crippen LogP contribution in [0.5, 0.6) is 0 Å². The van der Waals surface area contributed by atoms with E-state index in [1.165, 1.54) is 9.01 Å². The Balaban J connectivity index is 1.59. The lowest BCUT2D eigenvalue weighted by Crippen LogP contribution is -2.30. The molecule has 0 aliphatic carbocycles. The average molecular weight is 402 g/mol. The highest BCUT2D eigenvalue weighted by Gasteiger charge is 2.26. The smallest absolute Gasteiger partial charge is 0.243 e. The highest BCUT2D eigenvalue weighted by atomic mass is 32.2. The van der Waals surface area contributed by atoms with Gasteiger partial charge in [0.1, 0.15) is 5.01 Å². The van der Waals surface area contributed by atoms with Crippen molar-refractivity contribution in [1.29, 1.82) is 0 Å². The number of nitrogens with zero attached hydrogens (tertiary/aromatic N) is 3. The Bertz CT molecular complexity index is 1040. The Hall–Kier alpha value is -1.96. The van der Waals surface area contributed by atoms with Gasteiger partial charge < -0.3 is 4.90 Å². The highest BCUT2D eigenvalue weighted by Crippen LogP contribution is 2.33. The molecule has 27 heavy (non-hydrogen) atoms. The lowest BCUT2D eigenvalue weighted by Gasteiger charge is -2.20. The van der Waals surface area contributed by atoms with E-state index in [2.05, 4.69) is 11.0 Å². The molecule has 5 nitrogen and oxygen atoms in total. The Morgan fingerprint density at radius 1 is 1.15 bits per heavy atom. The Labute approximate surface area is 164 Å². The van der Waals surface area contributed by atoms with Crippen molar-refractivity contribution in [2.24, 2.45) is 0 Å². The summed E-state index contributed by atoms with van der Waals surface area (Å²) < 4.78 is 28.2. The van der Waals surface area contributed by atoms with Crippen molar-refractivity contribution in [1.82, 2.24) is 9.29 Å². The van der Waals surface area contributed by atoms with Crippen LogP contribution >= 0.6 is 11.3 Å². The molecule has 3 aromatic rings. The quantitative estimate of drug-likeness (QED) is 0.629. The van der Waals surface area contributed by atoms with E-state index in [9.17, 15) is 8.42 Å². The number of para-hydroxylation sites is 1. The van der Waals surface area contributed by atoms with E-state index in [-0.39, 0.29) is 0 Å². The third-order valence-electron chi connectivity index (χ3n) is 5.05. The lowest BCUT2D eigenvalue weighted by atomic mass is 10.2. The summed E-state index contributed by atoms with van der Waals surface area (Å²) in [5.74, 6) is 0. The molecule has 1 aromatic heterocycles. The van der Waals surface area contributed by atoms with Gasteiger partial charge in [-0.05, 0) is 42.3 Å². The Morgan fingerprint density at radius 3 is 2.67 bits per heavy atom. The van der Waals surface area contributed by atoms with Gasteiger partial charge in [0.25, 0.3) is 0 Å². The van der Waals surface area contributed by atoms with Crippen molar-refractivity contribution in [3.8, 4) is 0 Å². The minimum absolute atomic E-state index is 0.395. The number of benzene rings is 2. The Morgan fingerprint density at radius 2 is 1.93 bits per heavy atom. The van der Waals surface area contributed by atoms with Crippen LogP contribution in [0.15, 0.2) is 47.4 Å². The molecule has 0 saturated heterocycles. The number of anilines is 1. The van der Waals surface area contributed by atoms with Gasteiger partial charge in [-0.1, -0.05) is 26.0 Å². The fourth-order valence-electron chi connectivity index (χ4n) is 3.63. The van der Waals surface area contributed by atoms with Gasteiger partial charge in [-0.3, -0.25) is 0 Å². The second-order valence-electron chi connectivity index (χ2n) is 6.63. The molecule has 0 amide bonds. The minimum Gasteiger partial charge on any atom is -0.364 e. The molecule has 0 fully saturated rings. The maximum Gasteiger partial charge on any atom is 0.243 e. The predicted octanol–water partition coefficient (Wildman–Crippen LogP) is 3.89. The predicted molar refractivity (Wildman–Crippen MR) is 111 cm³/mol. The fourth-order valence-corrected chi connectivity index (χ4v) is 6.13. The number of hydrogen-bond donors (Lipinski definition) is 0. The van der Waals surface area contributed by atoms with Crippen molar-refractivity contribution < 1.29 is 8.42 Å². The van der Waals surface area contributed by atoms with E-state index in [1.54, 1.807) is 17.4 Å². The van der Waals surface area contributed by atoms with Gasteiger partial charge in [-0.15, -0.1) is 11.3 Å². The van der Waals surface area contributed by atoms with Gasteiger partial charge in [-0.25, -0.2) is 13.4 Å². The van der Waals surface area contributed by atoms with Crippen LogP contribution in [0.4, 0.5) is 5.69 Å². The third-order valence-corrected chi connectivity index (χ3v) is 8.12.